The van der Waals surface area contributed by atoms with Crippen LogP contribution in [0.1, 0.15) is 6.42 Å². The van der Waals surface area contributed by atoms with Gasteiger partial charge in [-0.1, -0.05) is 24.3 Å². The molecular weight excluding hydrogens is 224 g/mol. The van der Waals surface area contributed by atoms with E-state index < -0.39 is 0 Å². The fraction of sp³-hybridized carbons (Fsp3) is 0.200. The molecule has 2 aromatic carbocycles. The zero-order valence-corrected chi connectivity index (χ0v) is 10.1. The summed E-state index contributed by atoms with van der Waals surface area (Å²) in [5, 5.41) is 14.6. The van der Waals surface area contributed by atoms with Crippen molar-refractivity contribution in [2.75, 3.05) is 18.5 Å². The summed E-state index contributed by atoms with van der Waals surface area (Å²) in [4.78, 5) is 3.42. The minimum absolute atomic E-state index is 0.224. The standard InChI is InChI=1S/C15H16N2O/c18-9-3-8-16-11-6-7-13-12-4-1-2-5-14(12)17-15(13)10-11/h1-2,4-7,10,16-18H,3,8-9H2. The van der Waals surface area contributed by atoms with Crippen molar-refractivity contribution in [3.8, 4) is 0 Å². The molecule has 18 heavy (non-hydrogen) atoms. The van der Waals surface area contributed by atoms with Gasteiger partial charge in [0, 0.05) is 40.6 Å². The van der Waals surface area contributed by atoms with Crippen LogP contribution < -0.4 is 5.32 Å². The molecule has 3 rings (SSSR count). The van der Waals surface area contributed by atoms with Gasteiger partial charge < -0.3 is 15.4 Å². The van der Waals surface area contributed by atoms with E-state index in [0.29, 0.717) is 0 Å². The molecule has 3 N–H and O–H groups in total. The van der Waals surface area contributed by atoms with Gasteiger partial charge in [-0.25, -0.2) is 0 Å². The zero-order chi connectivity index (χ0) is 12.4. The molecule has 3 nitrogen and oxygen atoms in total. The Morgan fingerprint density at radius 2 is 1.83 bits per heavy atom. The lowest BCUT2D eigenvalue weighted by Crippen LogP contribution is -2.02. The number of fused-ring (bicyclic) bond motifs is 3. The second-order valence-corrected chi connectivity index (χ2v) is 4.43. The maximum absolute atomic E-state index is 8.77. The number of H-pyrrole nitrogens is 1. The highest BCUT2D eigenvalue weighted by atomic mass is 16.3. The highest BCUT2D eigenvalue weighted by Crippen LogP contribution is 2.27. The predicted octanol–water partition coefficient (Wildman–Crippen LogP) is 3.12. The predicted molar refractivity (Wildman–Crippen MR) is 76.0 cm³/mol. The molecule has 1 aromatic heterocycles. The molecule has 0 saturated heterocycles. The van der Waals surface area contributed by atoms with E-state index in [0.717, 1.165) is 24.2 Å². The maximum Gasteiger partial charge on any atom is 0.0485 e. The molecule has 1 heterocycles. The Kier molecular flexibility index (Phi) is 2.90. The van der Waals surface area contributed by atoms with E-state index in [1.807, 2.05) is 6.07 Å². The number of rotatable bonds is 4. The molecule has 0 atom stereocenters. The molecule has 0 radical (unpaired) electrons. The Morgan fingerprint density at radius 3 is 2.72 bits per heavy atom. The monoisotopic (exact) mass is 240 g/mol. The molecule has 3 heteroatoms. The molecule has 0 unspecified atom stereocenters. The van der Waals surface area contributed by atoms with Crippen molar-refractivity contribution in [1.29, 1.82) is 0 Å². The van der Waals surface area contributed by atoms with Crippen LogP contribution in [0, 0.1) is 0 Å². The van der Waals surface area contributed by atoms with Crippen LogP contribution in [0.3, 0.4) is 0 Å². The van der Waals surface area contributed by atoms with E-state index in [1.54, 1.807) is 0 Å². The third kappa shape index (κ3) is 1.93. The third-order valence-corrected chi connectivity index (χ3v) is 3.17. The first kappa shape index (κ1) is 11.1. The zero-order valence-electron chi connectivity index (χ0n) is 10.1. The average Bonchev–Trinajstić information content (AvgIpc) is 2.76. The SMILES string of the molecule is OCCCNc1ccc2c(c1)[nH]c1ccccc12. The van der Waals surface area contributed by atoms with Crippen LogP contribution in [-0.2, 0) is 0 Å². The summed E-state index contributed by atoms with van der Waals surface area (Å²) in [6.07, 6.45) is 0.769. The topological polar surface area (TPSA) is 48.0 Å². The average molecular weight is 240 g/mol. The lowest BCUT2D eigenvalue weighted by molar-refractivity contribution is 0.292. The summed E-state index contributed by atoms with van der Waals surface area (Å²) >= 11 is 0. The van der Waals surface area contributed by atoms with Crippen molar-refractivity contribution in [3.63, 3.8) is 0 Å². The number of aromatic nitrogens is 1. The summed E-state index contributed by atoms with van der Waals surface area (Å²) < 4.78 is 0. The van der Waals surface area contributed by atoms with Crippen molar-refractivity contribution in [2.45, 2.75) is 6.42 Å². The second kappa shape index (κ2) is 4.70. The summed E-state index contributed by atoms with van der Waals surface area (Å²) in [6, 6.07) is 14.7. The summed E-state index contributed by atoms with van der Waals surface area (Å²) in [5.41, 5.74) is 3.40. The Bertz CT molecular complexity index is 672. The first-order chi connectivity index (χ1) is 8.88. The molecule has 0 aliphatic heterocycles. The van der Waals surface area contributed by atoms with Crippen molar-refractivity contribution >= 4 is 27.5 Å². The summed E-state index contributed by atoms with van der Waals surface area (Å²) in [5.74, 6) is 0. The Labute approximate surface area is 105 Å². The molecule has 0 aliphatic carbocycles. The van der Waals surface area contributed by atoms with Crippen molar-refractivity contribution in [3.05, 3.63) is 42.5 Å². The van der Waals surface area contributed by atoms with Gasteiger partial charge >= 0.3 is 0 Å². The number of nitrogens with one attached hydrogen (secondary N) is 2. The van der Waals surface area contributed by atoms with Gasteiger partial charge in [-0.3, -0.25) is 0 Å². The van der Waals surface area contributed by atoms with E-state index in [9.17, 15) is 0 Å². The lowest BCUT2D eigenvalue weighted by Gasteiger charge is -2.04. The highest BCUT2D eigenvalue weighted by molar-refractivity contribution is 6.07. The van der Waals surface area contributed by atoms with E-state index in [4.69, 9.17) is 5.11 Å². The largest absolute Gasteiger partial charge is 0.396 e. The van der Waals surface area contributed by atoms with Gasteiger partial charge in [-0.2, -0.15) is 0 Å². The molecule has 0 bridgehead atoms. The van der Waals surface area contributed by atoms with Gasteiger partial charge in [0.05, 0.1) is 0 Å². The van der Waals surface area contributed by atoms with Crippen LogP contribution in [0.25, 0.3) is 21.8 Å². The lowest BCUT2D eigenvalue weighted by atomic mass is 10.1. The Morgan fingerprint density at radius 1 is 1.00 bits per heavy atom. The molecule has 0 spiro atoms. The fourth-order valence-corrected chi connectivity index (χ4v) is 2.28. The van der Waals surface area contributed by atoms with Crippen molar-refractivity contribution in [2.24, 2.45) is 0 Å². The number of benzene rings is 2. The van der Waals surface area contributed by atoms with Gasteiger partial charge in [-0.05, 0) is 24.6 Å². The molecule has 0 aliphatic rings. The van der Waals surface area contributed by atoms with Crippen molar-refractivity contribution in [1.82, 2.24) is 4.98 Å². The van der Waals surface area contributed by atoms with Gasteiger partial charge in [0.1, 0.15) is 0 Å². The van der Waals surface area contributed by atoms with Crippen LogP contribution in [0.2, 0.25) is 0 Å². The number of para-hydroxylation sites is 1. The molecular formula is C15H16N2O. The number of aliphatic hydroxyl groups is 1. The first-order valence-electron chi connectivity index (χ1n) is 6.24. The van der Waals surface area contributed by atoms with E-state index in [-0.39, 0.29) is 6.61 Å². The number of hydrogen-bond donors (Lipinski definition) is 3. The van der Waals surface area contributed by atoms with E-state index >= 15 is 0 Å². The number of hydrogen-bond acceptors (Lipinski definition) is 2. The van der Waals surface area contributed by atoms with Crippen LogP contribution in [0.4, 0.5) is 5.69 Å². The highest BCUT2D eigenvalue weighted by Gasteiger charge is 2.03. The summed E-state index contributed by atoms with van der Waals surface area (Å²) in [6.45, 7) is 1.02. The van der Waals surface area contributed by atoms with Gasteiger partial charge in [-0.15, -0.1) is 0 Å². The van der Waals surface area contributed by atoms with Gasteiger partial charge in [0.25, 0.3) is 0 Å². The fourth-order valence-electron chi connectivity index (χ4n) is 2.28. The Balaban J connectivity index is 1.99. The molecule has 3 aromatic rings. The number of anilines is 1. The van der Waals surface area contributed by atoms with E-state index in [2.05, 4.69) is 46.7 Å². The smallest absolute Gasteiger partial charge is 0.0485 e. The van der Waals surface area contributed by atoms with Crippen LogP contribution in [0.5, 0.6) is 0 Å². The number of aromatic amines is 1. The molecule has 0 saturated carbocycles. The van der Waals surface area contributed by atoms with Crippen LogP contribution in [0.15, 0.2) is 42.5 Å². The minimum atomic E-state index is 0.224. The third-order valence-electron chi connectivity index (χ3n) is 3.17. The second-order valence-electron chi connectivity index (χ2n) is 4.43. The van der Waals surface area contributed by atoms with Crippen LogP contribution >= 0.6 is 0 Å². The first-order valence-corrected chi connectivity index (χ1v) is 6.24. The molecule has 0 fully saturated rings. The maximum atomic E-state index is 8.77. The number of aliphatic hydroxyl groups excluding tert-OH is 1. The quantitative estimate of drug-likeness (QED) is 0.614. The summed E-state index contributed by atoms with van der Waals surface area (Å²) in [7, 11) is 0. The molecule has 92 valence electrons. The van der Waals surface area contributed by atoms with E-state index in [1.165, 1.54) is 16.3 Å². The minimum Gasteiger partial charge on any atom is -0.396 e. The van der Waals surface area contributed by atoms with Gasteiger partial charge in [0.2, 0.25) is 0 Å². The molecule has 0 amide bonds. The van der Waals surface area contributed by atoms with Gasteiger partial charge in [0.15, 0.2) is 0 Å². The normalized spacial score (nSPS) is 11.2. The Hall–Kier alpha value is -2.00. The van der Waals surface area contributed by atoms with Crippen molar-refractivity contribution < 1.29 is 5.11 Å². The van der Waals surface area contributed by atoms with Crippen LogP contribution in [-0.4, -0.2) is 23.2 Å².